The number of carbonyl (C=O) groups excluding carboxylic acids is 1. The molecule has 0 radical (unpaired) electrons. The van der Waals surface area contributed by atoms with Gasteiger partial charge in [0.2, 0.25) is 0 Å². The third kappa shape index (κ3) is 4.37. The highest BCUT2D eigenvalue weighted by atomic mass is 35.5. The molecule has 1 aromatic heterocycles. The monoisotopic (exact) mass is 354 g/mol. The van der Waals surface area contributed by atoms with E-state index in [0.717, 1.165) is 16.5 Å². The topological polar surface area (TPSA) is 56.5 Å². The number of benzene rings is 2. The molecule has 25 heavy (non-hydrogen) atoms. The molecule has 0 saturated heterocycles. The molecule has 3 aromatic rings. The van der Waals surface area contributed by atoms with Gasteiger partial charge in [-0.3, -0.25) is 0 Å². The molecule has 0 spiro atoms. The first-order valence-electron chi connectivity index (χ1n) is 7.65. The molecule has 0 amide bonds. The number of rotatable bonds is 4. The fourth-order valence-corrected chi connectivity index (χ4v) is 2.63. The highest BCUT2D eigenvalue weighted by Crippen LogP contribution is 2.19. The summed E-state index contributed by atoms with van der Waals surface area (Å²) in [6.45, 7) is 1.90. The van der Waals surface area contributed by atoms with E-state index in [0.29, 0.717) is 16.2 Å². The molecular formula is C20H15ClO4. The van der Waals surface area contributed by atoms with E-state index in [1.165, 1.54) is 12.1 Å². The van der Waals surface area contributed by atoms with Crippen molar-refractivity contribution in [1.82, 2.24) is 0 Å². The van der Waals surface area contributed by atoms with Crippen molar-refractivity contribution in [2.75, 3.05) is 0 Å². The summed E-state index contributed by atoms with van der Waals surface area (Å²) in [6.07, 6.45) is 2.94. The Balaban J connectivity index is 1.74. The highest BCUT2D eigenvalue weighted by Gasteiger charge is 2.08. The molecule has 0 unspecified atom stereocenters. The van der Waals surface area contributed by atoms with Crippen LogP contribution in [-0.2, 0) is 16.1 Å². The van der Waals surface area contributed by atoms with Crippen molar-refractivity contribution < 1.29 is 13.9 Å². The minimum Gasteiger partial charge on any atom is -0.458 e. The Bertz CT molecular complexity index is 1020. The summed E-state index contributed by atoms with van der Waals surface area (Å²) in [5, 5.41) is 1.34. The van der Waals surface area contributed by atoms with Gasteiger partial charge in [0.25, 0.3) is 0 Å². The van der Waals surface area contributed by atoms with Crippen LogP contribution < -0.4 is 5.63 Å². The minimum absolute atomic E-state index is 0.0100. The fraction of sp³-hybridized carbons (Fsp3) is 0.100. The van der Waals surface area contributed by atoms with Crippen LogP contribution in [0.1, 0.15) is 16.7 Å². The Hall–Kier alpha value is -2.85. The molecule has 0 aliphatic rings. The van der Waals surface area contributed by atoms with E-state index in [1.54, 1.807) is 30.3 Å². The smallest absolute Gasteiger partial charge is 0.336 e. The third-order valence-corrected chi connectivity index (χ3v) is 3.85. The van der Waals surface area contributed by atoms with E-state index in [9.17, 15) is 9.59 Å². The molecule has 5 heteroatoms. The summed E-state index contributed by atoms with van der Waals surface area (Å²) in [7, 11) is 0. The summed E-state index contributed by atoms with van der Waals surface area (Å²) in [4.78, 5) is 23.6. The van der Waals surface area contributed by atoms with Gasteiger partial charge >= 0.3 is 11.6 Å². The van der Waals surface area contributed by atoms with Crippen LogP contribution in [0, 0.1) is 6.92 Å². The maximum Gasteiger partial charge on any atom is 0.336 e. The number of hydrogen-bond donors (Lipinski definition) is 0. The van der Waals surface area contributed by atoms with Gasteiger partial charge < -0.3 is 9.15 Å². The highest BCUT2D eigenvalue weighted by molar-refractivity contribution is 6.30. The molecular weight excluding hydrogens is 340 g/mol. The van der Waals surface area contributed by atoms with Crippen molar-refractivity contribution in [2.24, 2.45) is 0 Å². The SMILES string of the molecule is Cc1ccc2c(COC(=O)/C=C/c3cccc(Cl)c3)cc(=O)oc2c1. The van der Waals surface area contributed by atoms with Crippen molar-refractivity contribution in [1.29, 1.82) is 0 Å². The second-order valence-electron chi connectivity index (χ2n) is 5.59. The lowest BCUT2D eigenvalue weighted by molar-refractivity contribution is -0.138. The van der Waals surface area contributed by atoms with Crippen molar-refractivity contribution in [3.8, 4) is 0 Å². The lowest BCUT2D eigenvalue weighted by atomic mass is 10.1. The van der Waals surface area contributed by atoms with Crippen LogP contribution in [0.15, 0.2) is 63.8 Å². The fourth-order valence-electron chi connectivity index (χ4n) is 2.43. The summed E-state index contributed by atoms with van der Waals surface area (Å²) >= 11 is 5.89. The summed E-state index contributed by atoms with van der Waals surface area (Å²) in [5.41, 5.74) is 2.39. The van der Waals surface area contributed by atoms with Crippen molar-refractivity contribution in [3.05, 3.63) is 86.7 Å². The van der Waals surface area contributed by atoms with Crippen LogP contribution in [0.25, 0.3) is 17.0 Å². The van der Waals surface area contributed by atoms with Gasteiger partial charge in [0, 0.05) is 28.1 Å². The number of carbonyl (C=O) groups is 1. The molecule has 0 saturated carbocycles. The van der Waals surface area contributed by atoms with Crippen LogP contribution >= 0.6 is 11.6 Å². The van der Waals surface area contributed by atoms with Crippen molar-refractivity contribution >= 4 is 34.6 Å². The lowest BCUT2D eigenvalue weighted by Crippen LogP contribution is -2.05. The largest absolute Gasteiger partial charge is 0.458 e. The van der Waals surface area contributed by atoms with Gasteiger partial charge in [-0.15, -0.1) is 0 Å². The third-order valence-electron chi connectivity index (χ3n) is 3.62. The Kier molecular flexibility index (Phi) is 5.00. The van der Waals surface area contributed by atoms with E-state index in [2.05, 4.69) is 0 Å². The van der Waals surface area contributed by atoms with E-state index < -0.39 is 11.6 Å². The summed E-state index contributed by atoms with van der Waals surface area (Å²) in [5.74, 6) is -0.506. The zero-order valence-corrected chi connectivity index (χ0v) is 14.2. The van der Waals surface area contributed by atoms with Gasteiger partial charge in [0.15, 0.2) is 0 Å². The van der Waals surface area contributed by atoms with E-state index in [-0.39, 0.29) is 6.61 Å². The normalized spacial score (nSPS) is 11.1. The average molecular weight is 355 g/mol. The first kappa shape index (κ1) is 17.0. The Morgan fingerprint density at radius 1 is 1.20 bits per heavy atom. The van der Waals surface area contributed by atoms with Crippen LogP contribution in [0.5, 0.6) is 0 Å². The number of halogens is 1. The first-order valence-corrected chi connectivity index (χ1v) is 8.03. The van der Waals surface area contributed by atoms with Gasteiger partial charge in [0.1, 0.15) is 12.2 Å². The number of hydrogen-bond acceptors (Lipinski definition) is 4. The maximum absolute atomic E-state index is 11.9. The zero-order valence-electron chi connectivity index (χ0n) is 13.5. The van der Waals surface area contributed by atoms with Crippen LogP contribution in [0.4, 0.5) is 0 Å². The van der Waals surface area contributed by atoms with E-state index in [1.807, 2.05) is 25.1 Å². The number of esters is 1. The number of ether oxygens (including phenoxy) is 1. The number of fused-ring (bicyclic) bond motifs is 1. The Morgan fingerprint density at radius 3 is 2.84 bits per heavy atom. The van der Waals surface area contributed by atoms with Gasteiger partial charge in [-0.05, 0) is 42.3 Å². The summed E-state index contributed by atoms with van der Waals surface area (Å²) < 4.78 is 10.4. The predicted molar refractivity (Wildman–Crippen MR) is 97.5 cm³/mol. The second kappa shape index (κ2) is 7.36. The molecule has 3 rings (SSSR count). The molecule has 1 heterocycles. The molecule has 0 N–H and O–H groups in total. The van der Waals surface area contributed by atoms with Crippen molar-refractivity contribution in [3.63, 3.8) is 0 Å². The van der Waals surface area contributed by atoms with E-state index in [4.69, 9.17) is 20.8 Å². The average Bonchev–Trinajstić information content (AvgIpc) is 2.57. The lowest BCUT2D eigenvalue weighted by Gasteiger charge is -2.06. The standard InChI is InChI=1S/C20H15ClO4/c1-13-5-7-17-15(11-20(23)25-18(17)9-13)12-24-19(22)8-6-14-3-2-4-16(21)10-14/h2-11H,12H2,1H3/b8-6+. The molecule has 0 atom stereocenters. The zero-order chi connectivity index (χ0) is 17.8. The summed E-state index contributed by atoms with van der Waals surface area (Å²) in [6, 6.07) is 14.0. The van der Waals surface area contributed by atoms with Crippen LogP contribution in [0.3, 0.4) is 0 Å². The molecule has 0 bridgehead atoms. The molecule has 2 aromatic carbocycles. The predicted octanol–water partition coefficient (Wildman–Crippen LogP) is 4.51. The van der Waals surface area contributed by atoms with Gasteiger partial charge in [0.05, 0.1) is 0 Å². The van der Waals surface area contributed by atoms with Crippen LogP contribution in [0.2, 0.25) is 5.02 Å². The van der Waals surface area contributed by atoms with Gasteiger partial charge in [-0.2, -0.15) is 0 Å². The minimum atomic E-state index is -0.506. The molecule has 0 aliphatic heterocycles. The second-order valence-corrected chi connectivity index (χ2v) is 6.02. The Labute approximate surface area is 149 Å². The van der Waals surface area contributed by atoms with Crippen LogP contribution in [-0.4, -0.2) is 5.97 Å². The molecule has 0 aliphatic carbocycles. The quantitative estimate of drug-likeness (QED) is 0.393. The molecule has 0 fully saturated rings. The van der Waals surface area contributed by atoms with Gasteiger partial charge in [-0.25, -0.2) is 9.59 Å². The molecule has 4 nitrogen and oxygen atoms in total. The van der Waals surface area contributed by atoms with Crippen molar-refractivity contribution in [2.45, 2.75) is 13.5 Å². The molecule has 126 valence electrons. The van der Waals surface area contributed by atoms with Gasteiger partial charge in [-0.1, -0.05) is 35.9 Å². The maximum atomic E-state index is 11.9. The van der Waals surface area contributed by atoms with E-state index >= 15 is 0 Å². The number of aryl methyl sites for hydroxylation is 1. The first-order chi connectivity index (χ1) is 12.0. The Morgan fingerprint density at radius 2 is 2.04 bits per heavy atom.